The van der Waals surface area contributed by atoms with Crippen LogP contribution in [-0.4, -0.2) is 47.5 Å². The number of nitrogens with zero attached hydrogens (tertiary/aromatic N) is 2. The van der Waals surface area contributed by atoms with Gasteiger partial charge >= 0.3 is 0 Å². The van der Waals surface area contributed by atoms with E-state index in [-0.39, 0.29) is 31.1 Å². The largest absolute Gasteiger partial charge is 0.467 e. The monoisotopic (exact) mass is 451 g/mol. The van der Waals surface area contributed by atoms with Gasteiger partial charge in [-0.2, -0.15) is 0 Å². The first-order valence-corrected chi connectivity index (χ1v) is 12.5. The molecular weight excluding hydrogens is 418 g/mol. The van der Waals surface area contributed by atoms with E-state index in [9.17, 15) is 5.11 Å². The Morgan fingerprint density at radius 2 is 1.97 bits per heavy atom. The summed E-state index contributed by atoms with van der Waals surface area (Å²) in [4.78, 5) is 0. The maximum atomic E-state index is 10.5. The molecule has 1 aromatic carbocycles. The summed E-state index contributed by atoms with van der Waals surface area (Å²) in [6.07, 6.45) is 10.1. The van der Waals surface area contributed by atoms with Crippen LogP contribution in [0.4, 0.5) is 5.82 Å². The lowest BCUT2D eigenvalue weighted by atomic mass is 9.90. The van der Waals surface area contributed by atoms with Gasteiger partial charge in [0, 0.05) is 24.7 Å². The van der Waals surface area contributed by atoms with Crippen molar-refractivity contribution in [3.8, 4) is 17.0 Å². The van der Waals surface area contributed by atoms with E-state index in [0.717, 1.165) is 92.6 Å². The maximum absolute atomic E-state index is 10.5. The van der Waals surface area contributed by atoms with Gasteiger partial charge in [-0.25, -0.2) is 0 Å². The lowest BCUT2D eigenvalue weighted by Crippen LogP contribution is -2.37. The van der Waals surface area contributed by atoms with Crippen LogP contribution < -0.4 is 10.1 Å². The van der Waals surface area contributed by atoms with E-state index < -0.39 is 0 Å². The number of aliphatic hydroxyl groups excluding tert-OH is 1. The summed E-state index contributed by atoms with van der Waals surface area (Å²) in [5, 5.41) is 23.6. The van der Waals surface area contributed by atoms with Gasteiger partial charge in [0.15, 0.2) is 12.6 Å². The second kappa shape index (κ2) is 8.85. The third-order valence-corrected chi connectivity index (χ3v) is 7.84. The molecule has 1 saturated carbocycles. The van der Waals surface area contributed by atoms with E-state index in [1.165, 1.54) is 16.7 Å². The van der Waals surface area contributed by atoms with Gasteiger partial charge < -0.3 is 24.6 Å². The zero-order valence-corrected chi connectivity index (χ0v) is 19.3. The van der Waals surface area contributed by atoms with Crippen LogP contribution >= 0.6 is 0 Å². The number of hydrogen-bond donors (Lipinski definition) is 2. The molecular formula is C26H33N3O4. The fraction of sp³-hybridized carbons (Fsp3) is 0.615. The predicted molar refractivity (Wildman–Crippen MR) is 124 cm³/mol. The highest BCUT2D eigenvalue weighted by Gasteiger charge is 2.39. The van der Waals surface area contributed by atoms with Crippen molar-refractivity contribution in [2.45, 2.75) is 88.6 Å². The summed E-state index contributed by atoms with van der Waals surface area (Å²) in [7, 11) is 1.65. The second-order valence-corrected chi connectivity index (χ2v) is 9.90. The second-order valence-electron chi connectivity index (χ2n) is 9.90. The Morgan fingerprint density at radius 3 is 2.85 bits per heavy atom. The van der Waals surface area contributed by atoms with Gasteiger partial charge in [-0.15, -0.1) is 10.2 Å². The van der Waals surface area contributed by atoms with E-state index in [1.807, 2.05) is 0 Å². The van der Waals surface area contributed by atoms with Gasteiger partial charge in [0.05, 0.1) is 24.4 Å². The van der Waals surface area contributed by atoms with Gasteiger partial charge in [0.2, 0.25) is 0 Å². The van der Waals surface area contributed by atoms with Crippen LogP contribution in [0, 0.1) is 0 Å². The maximum Gasteiger partial charge on any atom is 0.188 e. The molecule has 2 aliphatic carbocycles. The standard InChI is InChI=1S/C26H33N3O4/c1-31-14-32-25-17-6-4-5-15(17)9-11-18(25)24-19-13-16-10-12-22(33-16)23(19)26(29-28-24)27-20-7-2-3-8-21(20)30/h9,11,16,20-22,30H,2-8,10,12-14H2,1H3,(H,27,29)/t16-,20?,21-,22+/m1/s1. The predicted octanol–water partition coefficient (Wildman–Crippen LogP) is 4.11. The van der Waals surface area contributed by atoms with E-state index in [4.69, 9.17) is 19.3 Å². The molecule has 2 N–H and O–H groups in total. The van der Waals surface area contributed by atoms with Gasteiger partial charge in [-0.1, -0.05) is 18.9 Å². The first-order chi connectivity index (χ1) is 16.2. The third-order valence-electron chi connectivity index (χ3n) is 7.84. The molecule has 2 aliphatic heterocycles. The van der Waals surface area contributed by atoms with Gasteiger partial charge in [0.25, 0.3) is 0 Å². The lowest BCUT2D eigenvalue weighted by molar-refractivity contribution is 0.0323. The molecule has 2 fully saturated rings. The molecule has 7 heteroatoms. The van der Waals surface area contributed by atoms with Gasteiger partial charge in [0.1, 0.15) is 11.4 Å². The molecule has 0 radical (unpaired) electrons. The zero-order valence-electron chi connectivity index (χ0n) is 19.3. The molecule has 1 saturated heterocycles. The normalized spacial score (nSPS) is 27.8. The molecule has 4 aliphatic rings. The summed E-state index contributed by atoms with van der Waals surface area (Å²) < 4.78 is 17.7. The van der Waals surface area contributed by atoms with Crippen molar-refractivity contribution in [2.75, 3.05) is 19.2 Å². The van der Waals surface area contributed by atoms with Crippen LogP contribution in [0.3, 0.4) is 0 Å². The number of hydrogen-bond acceptors (Lipinski definition) is 7. The Hall–Kier alpha value is -2.22. The van der Waals surface area contributed by atoms with Crippen molar-refractivity contribution in [3.63, 3.8) is 0 Å². The summed E-state index contributed by atoms with van der Waals surface area (Å²) in [5.74, 6) is 1.68. The van der Waals surface area contributed by atoms with Crippen LogP contribution in [-0.2, 0) is 28.7 Å². The number of rotatable bonds is 6. The highest BCUT2D eigenvalue weighted by molar-refractivity contribution is 5.76. The minimum Gasteiger partial charge on any atom is -0.467 e. The molecule has 0 spiro atoms. The fourth-order valence-corrected chi connectivity index (χ4v) is 6.21. The number of fused-ring (bicyclic) bond motifs is 5. The van der Waals surface area contributed by atoms with E-state index in [1.54, 1.807) is 7.11 Å². The lowest BCUT2D eigenvalue weighted by Gasteiger charge is -2.32. The van der Waals surface area contributed by atoms with Crippen LogP contribution in [0.2, 0.25) is 0 Å². The molecule has 1 aromatic heterocycles. The van der Waals surface area contributed by atoms with Crippen LogP contribution in [0.1, 0.15) is 73.3 Å². The number of nitrogens with one attached hydrogen (secondary N) is 1. The average Bonchev–Trinajstić information content (AvgIpc) is 3.46. The zero-order chi connectivity index (χ0) is 22.4. The van der Waals surface area contributed by atoms with Crippen LogP contribution in [0.5, 0.6) is 5.75 Å². The molecule has 176 valence electrons. The molecule has 7 nitrogen and oxygen atoms in total. The summed E-state index contributed by atoms with van der Waals surface area (Å²) in [6.45, 7) is 0.215. The number of ether oxygens (including phenoxy) is 3. The number of aryl methyl sites for hydroxylation is 1. The highest BCUT2D eigenvalue weighted by Crippen LogP contribution is 2.48. The molecule has 6 rings (SSSR count). The Morgan fingerprint density at radius 1 is 1.06 bits per heavy atom. The Bertz CT molecular complexity index is 1040. The molecule has 3 heterocycles. The van der Waals surface area contributed by atoms with Gasteiger partial charge in [-0.05, 0) is 67.7 Å². The number of benzene rings is 1. The summed E-state index contributed by atoms with van der Waals surface area (Å²) in [5.41, 5.74) is 6.89. The Balaban J connectivity index is 1.45. The molecule has 2 aromatic rings. The Labute approximate surface area is 194 Å². The SMILES string of the molecule is COCOc1c(-c2nnc(NC3CCCC[C@H]3O)c3c2C[C@H]2CC[C@@H]3O2)ccc2c1CCC2. The topological polar surface area (TPSA) is 85.7 Å². The van der Waals surface area contributed by atoms with E-state index in [0.29, 0.717) is 0 Å². The van der Waals surface area contributed by atoms with Crippen molar-refractivity contribution < 1.29 is 19.3 Å². The molecule has 1 unspecified atom stereocenters. The molecule has 4 atom stereocenters. The summed E-state index contributed by atoms with van der Waals surface area (Å²) >= 11 is 0. The minimum absolute atomic E-state index is 0.0164. The van der Waals surface area contributed by atoms with E-state index >= 15 is 0 Å². The molecule has 33 heavy (non-hydrogen) atoms. The van der Waals surface area contributed by atoms with Crippen molar-refractivity contribution in [1.29, 1.82) is 0 Å². The van der Waals surface area contributed by atoms with Crippen molar-refractivity contribution in [1.82, 2.24) is 10.2 Å². The fourth-order valence-electron chi connectivity index (χ4n) is 6.21. The number of methoxy groups -OCH3 is 1. The number of aliphatic hydroxyl groups is 1. The minimum atomic E-state index is -0.345. The first-order valence-electron chi connectivity index (χ1n) is 12.5. The number of aromatic nitrogens is 2. The van der Waals surface area contributed by atoms with Crippen molar-refractivity contribution in [3.05, 3.63) is 34.4 Å². The van der Waals surface area contributed by atoms with Gasteiger partial charge in [-0.3, -0.25) is 0 Å². The Kier molecular flexibility index (Phi) is 5.72. The average molecular weight is 452 g/mol. The van der Waals surface area contributed by atoms with Crippen molar-refractivity contribution in [2.24, 2.45) is 0 Å². The van der Waals surface area contributed by atoms with Crippen molar-refractivity contribution >= 4 is 5.82 Å². The quantitative estimate of drug-likeness (QED) is 0.640. The third kappa shape index (κ3) is 3.80. The molecule has 2 bridgehead atoms. The van der Waals surface area contributed by atoms with Crippen LogP contribution in [0.25, 0.3) is 11.3 Å². The summed E-state index contributed by atoms with van der Waals surface area (Å²) in [6, 6.07) is 4.39. The molecule has 0 amide bonds. The first kappa shape index (κ1) is 21.3. The number of anilines is 1. The highest BCUT2D eigenvalue weighted by atomic mass is 16.7. The smallest absolute Gasteiger partial charge is 0.188 e. The van der Waals surface area contributed by atoms with Crippen LogP contribution in [0.15, 0.2) is 12.1 Å². The van der Waals surface area contributed by atoms with E-state index in [2.05, 4.69) is 22.5 Å².